The molecule has 1 saturated carbocycles. The number of nitrogens with zero attached hydrogens (tertiary/aromatic N) is 3. The Morgan fingerprint density at radius 1 is 1.17 bits per heavy atom. The lowest BCUT2D eigenvalue weighted by atomic mass is 9.86. The third kappa shape index (κ3) is 3.90. The normalized spacial score (nSPS) is 20.5. The summed E-state index contributed by atoms with van der Waals surface area (Å²) in [6, 6.07) is 0. The van der Waals surface area contributed by atoms with Gasteiger partial charge in [-0.3, -0.25) is 9.36 Å². The summed E-state index contributed by atoms with van der Waals surface area (Å²) in [6.45, 7) is 4.19. The third-order valence-electron chi connectivity index (χ3n) is 5.81. The lowest BCUT2D eigenvalue weighted by Gasteiger charge is -2.32. The van der Waals surface area contributed by atoms with Crippen LogP contribution in [-0.4, -0.2) is 38.7 Å². The number of likely N-dealkylation sites (tertiary alicyclic amines) is 1. The zero-order chi connectivity index (χ0) is 16.9. The van der Waals surface area contributed by atoms with Gasteiger partial charge in [0.15, 0.2) is 0 Å². The molecule has 6 nitrogen and oxygen atoms in total. The number of rotatable bonds is 5. The highest BCUT2D eigenvalue weighted by atomic mass is 16.2. The second-order valence-corrected chi connectivity index (χ2v) is 7.33. The van der Waals surface area contributed by atoms with Crippen molar-refractivity contribution in [1.82, 2.24) is 19.7 Å². The van der Waals surface area contributed by atoms with Crippen molar-refractivity contribution in [2.45, 2.75) is 77.2 Å². The molecule has 6 heteroatoms. The fraction of sp³-hybridized carbons (Fsp3) is 0.833. The molecule has 2 fully saturated rings. The first kappa shape index (κ1) is 17.2. The fourth-order valence-corrected chi connectivity index (χ4v) is 4.30. The molecule has 1 aromatic rings. The Balaban J connectivity index is 1.47. The first-order valence-electron chi connectivity index (χ1n) is 9.62. The van der Waals surface area contributed by atoms with Crippen LogP contribution in [0.3, 0.4) is 0 Å². The largest absolute Gasteiger partial charge is 0.343 e. The van der Waals surface area contributed by atoms with E-state index < -0.39 is 0 Å². The zero-order valence-corrected chi connectivity index (χ0v) is 14.8. The van der Waals surface area contributed by atoms with Crippen LogP contribution in [0.15, 0.2) is 4.79 Å². The van der Waals surface area contributed by atoms with E-state index in [0.717, 1.165) is 44.1 Å². The van der Waals surface area contributed by atoms with Crippen molar-refractivity contribution in [1.29, 1.82) is 0 Å². The quantitative estimate of drug-likeness (QED) is 0.900. The number of hydrogen-bond acceptors (Lipinski definition) is 3. The Morgan fingerprint density at radius 2 is 1.88 bits per heavy atom. The standard InChI is InChI=1S/C18H30N4O2/c1-2-22-17(19-20-18(22)24)15-10-12-21(13-11-15)16(23)9-8-14-6-4-3-5-7-14/h14-15H,2-13H2,1H3,(H,20,24). The average molecular weight is 334 g/mol. The number of amides is 1. The molecule has 0 atom stereocenters. The Bertz CT molecular complexity index is 592. The van der Waals surface area contributed by atoms with Gasteiger partial charge in [0.1, 0.15) is 5.82 Å². The minimum absolute atomic E-state index is 0.126. The van der Waals surface area contributed by atoms with Crippen molar-refractivity contribution >= 4 is 5.91 Å². The predicted molar refractivity (Wildman–Crippen MR) is 92.9 cm³/mol. The molecule has 134 valence electrons. The topological polar surface area (TPSA) is 71.0 Å². The van der Waals surface area contributed by atoms with Crippen LogP contribution < -0.4 is 5.69 Å². The van der Waals surface area contributed by atoms with E-state index in [9.17, 15) is 9.59 Å². The van der Waals surface area contributed by atoms with Gasteiger partial charge in [-0.15, -0.1) is 0 Å². The van der Waals surface area contributed by atoms with Gasteiger partial charge in [0.2, 0.25) is 5.91 Å². The maximum absolute atomic E-state index is 12.5. The molecule has 1 saturated heterocycles. The number of piperidine rings is 1. The van der Waals surface area contributed by atoms with Crippen LogP contribution >= 0.6 is 0 Å². The van der Waals surface area contributed by atoms with E-state index in [2.05, 4.69) is 10.2 Å². The molecule has 1 aliphatic heterocycles. The molecule has 3 rings (SSSR count). The molecule has 0 radical (unpaired) electrons. The van der Waals surface area contributed by atoms with Crippen LogP contribution in [0.4, 0.5) is 0 Å². The molecule has 2 aliphatic rings. The number of hydrogen-bond donors (Lipinski definition) is 1. The highest BCUT2D eigenvalue weighted by Crippen LogP contribution is 2.29. The zero-order valence-electron chi connectivity index (χ0n) is 14.8. The van der Waals surface area contributed by atoms with Gasteiger partial charge in [0.05, 0.1) is 0 Å². The van der Waals surface area contributed by atoms with Crippen LogP contribution in [-0.2, 0) is 11.3 Å². The lowest BCUT2D eigenvalue weighted by molar-refractivity contribution is -0.132. The maximum Gasteiger partial charge on any atom is 0.343 e. The van der Waals surface area contributed by atoms with E-state index >= 15 is 0 Å². The van der Waals surface area contributed by atoms with Crippen molar-refractivity contribution in [3.05, 3.63) is 16.3 Å². The summed E-state index contributed by atoms with van der Waals surface area (Å²) in [5.74, 6) is 2.22. The Kier molecular flexibility index (Phi) is 5.74. The molecular weight excluding hydrogens is 304 g/mol. The minimum atomic E-state index is -0.126. The Morgan fingerprint density at radius 3 is 2.54 bits per heavy atom. The van der Waals surface area contributed by atoms with E-state index in [1.165, 1.54) is 32.1 Å². The molecule has 1 amide bonds. The summed E-state index contributed by atoms with van der Waals surface area (Å²) in [4.78, 5) is 26.2. The van der Waals surface area contributed by atoms with Gasteiger partial charge in [-0.25, -0.2) is 9.89 Å². The smallest absolute Gasteiger partial charge is 0.343 e. The number of aromatic amines is 1. The SMILES string of the molecule is CCn1c(C2CCN(C(=O)CCC3CCCCC3)CC2)n[nH]c1=O. The fourth-order valence-electron chi connectivity index (χ4n) is 4.30. The number of nitrogens with one attached hydrogen (secondary N) is 1. The summed E-state index contributed by atoms with van der Waals surface area (Å²) >= 11 is 0. The molecule has 1 aromatic heterocycles. The second kappa shape index (κ2) is 7.99. The molecule has 1 N–H and O–H groups in total. The average Bonchev–Trinajstić information content (AvgIpc) is 3.01. The van der Waals surface area contributed by atoms with Crippen LogP contribution in [0.5, 0.6) is 0 Å². The lowest BCUT2D eigenvalue weighted by Crippen LogP contribution is -2.38. The number of H-pyrrole nitrogens is 1. The number of aromatic nitrogens is 3. The highest BCUT2D eigenvalue weighted by molar-refractivity contribution is 5.76. The summed E-state index contributed by atoms with van der Waals surface area (Å²) in [7, 11) is 0. The Hall–Kier alpha value is -1.59. The van der Waals surface area contributed by atoms with E-state index in [1.54, 1.807) is 4.57 Å². The van der Waals surface area contributed by atoms with E-state index in [0.29, 0.717) is 18.9 Å². The van der Waals surface area contributed by atoms with Gasteiger partial charge in [-0.1, -0.05) is 32.1 Å². The highest BCUT2D eigenvalue weighted by Gasteiger charge is 2.27. The summed E-state index contributed by atoms with van der Waals surface area (Å²) in [6.07, 6.45) is 10.2. The van der Waals surface area contributed by atoms with Gasteiger partial charge in [0, 0.05) is 32.0 Å². The third-order valence-corrected chi connectivity index (χ3v) is 5.81. The number of carbonyl (C=O) groups is 1. The molecule has 2 heterocycles. The van der Waals surface area contributed by atoms with Crippen molar-refractivity contribution in [2.75, 3.05) is 13.1 Å². The van der Waals surface area contributed by atoms with Crippen LogP contribution in [0.25, 0.3) is 0 Å². The molecule has 0 bridgehead atoms. The van der Waals surface area contributed by atoms with Crippen molar-refractivity contribution in [3.8, 4) is 0 Å². The summed E-state index contributed by atoms with van der Waals surface area (Å²) in [5, 5.41) is 6.75. The van der Waals surface area contributed by atoms with Gasteiger partial charge in [0.25, 0.3) is 0 Å². The van der Waals surface area contributed by atoms with Gasteiger partial charge in [-0.2, -0.15) is 5.10 Å². The van der Waals surface area contributed by atoms with Crippen LogP contribution in [0, 0.1) is 5.92 Å². The maximum atomic E-state index is 12.5. The second-order valence-electron chi connectivity index (χ2n) is 7.33. The first-order chi connectivity index (χ1) is 11.7. The van der Waals surface area contributed by atoms with E-state index in [1.807, 2.05) is 11.8 Å². The van der Waals surface area contributed by atoms with Crippen molar-refractivity contribution in [2.24, 2.45) is 5.92 Å². The van der Waals surface area contributed by atoms with Crippen LogP contribution in [0.1, 0.15) is 76.5 Å². The molecule has 0 unspecified atom stereocenters. The summed E-state index contributed by atoms with van der Waals surface area (Å²) < 4.78 is 1.71. The van der Waals surface area contributed by atoms with Gasteiger partial charge in [-0.05, 0) is 32.1 Å². The van der Waals surface area contributed by atoms with Gasteiger partial charge >= 0.3 is 5.69 Å². The van der Waals surface area contributed by atoms with E-state index in [-0.39, 0.29) is 11.6 Å². The molecule has 24 heavy (non-hydrogen) atoms. The van der Waals surface area contributed by atoms with Crippen molar-refractivity contribution in [3.63, 3.8) is 0 Å². The van der Waals surface area contributed by atoms with E-state index in [4.69, 9.17) is 0 Å². The number of carbonyl (C=O) groups excluding carboxylic acids is 1. The minimum Gasteiger partial charge on any atom is -0.343 e. The first-order valence-corrected chi connectivity index (χ1v) is 9.62. The molecular formula is C18H30N4O2. The molecule has 1 aliphatic carbocycles. The van der Waals surface area contributed by atoms with Crippen molar-refractivity contribution < 1.29 is 4.79 Å². The van der Waals surface area contributed by atoms with Gasteiger partial charge < -0.3 is 4.90 Å². The van der Waals surface area contributed by atoms with Crippen LogP contribution in [0.2, 0.25) is 0 Å². The Labute approximate surface area is 143 Å². The predicted octanol–water partition coefficient (Wildman–Crippen LogP) is 2.66. The molecule has 0 spiro atoms. The molecule has 0 aromatic carbocycles. The summed E-state index contributed by atoms with van der Waals surface area (Å²) in [5.41, 5.74) is -0.126. The monoisotopic (exact) mass is 334 g/mol.